The zero-order valence-electron chi connectivity index (χ0n) is 14.5. The number of pyridine rings is 1. The molecule has 0 spiro atoms. The lowest BCUT2D eigenvalue weighted by molar-refractivity contribution is -0.157. The van der Waals surface area contributed by atoms with Crippen molar-refractivity contribution in [2.45, 2.75) is 13.5 Å². The average molecular weight is 352 g/mol. The minimum absolute atomic E-state index is 0.148. The Kier molecular flexibility index (Phi) is 5.26. The fourth-order valence-electron chi connectivity index (χ4n) is 2.74. The summed E-state index contributed by atoms with van der Waals surface area (Å²) in [5.41, 5.74) is 2.71. The molecule has 1 aromatic carbocycles. The number of hydrogen-bond donors (Lipinski definition) is 1. The Balaban J connectivity index is 1.56. The molecule has 7 heteroatoms. The normalized spacial score (nSPS) is 14.5. The maximum absolute atomic E-state index is 12.3. The molecule has 1 aromatic heterocycles. The van der Waals surface area contributed by atoms with E-state index in [-0.39, 0.29) is 12.5 Å². The van der Waals surface area contributed by atoms with Crippen LogP contribution in [0.5, 0.6) is 0 Å². The molecule has 1 saturated heterocycles. The van der Waals surface area contributed by atoms with Gasteiger partial charge >= 0.3 is 11.8 Å². The van der Waals surface area contributed by atoms with Crippen LogP contribution < -0.4 is 5.32 Å². The number of piperazine rings is 1. The lowest BCUT2D eigenvalue weighted by Gasteiger charge is -2.33. The van der Waals surface area contributed by atoms with Gasteiger partial charge in [0.05, 0.1) is 0 Å². The first kappa shape index (κ1) is 17.6. The third-order valence-corrected chi connectivity index (χ3v) is 4.19. The third kappa shape index (κ3) is 4.24. The molecule has 1 N–H and O–H groups in total. The predicted octanol–water partition coefficient (Wildman–Crippen LogP) is 1.20. The molecule has 0 atom stereocenters. The highest BCUT2D eigenvalue weighted by molar-refractivity contribution is 6.35. The molecule has 0 bridgehead atoms. The maximum Gasteiger partial charge on any atom is 0.312 e. The van der Waals surface area contributed by atoms with Crippen molar-refractivity contribution in [1.82, 2.24) is 14.8 Å². The van der Waals surface area contributed by atoms with Gasteiger partial charge in [-0.2, -0.15) is 0 Å². The standard InChI is InChI=1S/C19H20N4O3/c1-14-2-4-15(5-3-14)12-22-10-11-23(19(26)18(22)25)13-17(24)21-16-6-8-20-9-7-16/h2-9H,10-13H2,1H3,(H,20,21,24). The van der Waals surface area contributed by atoms with Crippen LogP contribution >= 0.6 is 0 Å². The quantitative estimate of drug-likeness (QED) is 0.820. The summed E-state index contributed by atoms with van der Waals surface area (Å²) < 4.78 is 0. The van der Waals surface area contributed by atoms with Crippen molar-refractivity contribution in [3.63, 3.8) is 0 Å². The minimum atomic E-state index is -0.645. The second kappa shape index (κ2) is 7.77. The summed E-state index contributed by atoms with van der Waals surface area (Å²) in [6, 6.07) is 11.2. The molecule has 134 valence electrons. The second-order valence-corrected chi connectivity index (χ2v) is 6.22. The van der Waals surface area contributed by atoms with Crippen molar-refractivity contribution in [2.75, 3.05) is 25.0 Å². The van der Waals surface area contributed by atoms with E-state index in [1.54, 1.807) is 24.5 Å². The Bertz CT molecular complexity index is 805. The van der Waals surface area contributed by atoms with Crippen molar-refractivity contribution in [2.24, 2.45) is 0 Å². The summed E-state index contributed by atoms with van der Waals surface area (Å²) in [4.78, 5) is 43.4. The number of hydrogen-bond acceptors (Lipinski definition) is 4. The van der Waals surface area contributed by atoms with Gasteiger partial charge in [-0.3, -0.25) is 19.4 Å². The van der Waals surface area contributed by atoms with Crippen LogP contribution in [-0.2, 0) is 20.9 Å². The summed E-state index contributed by atoms with van der Waals surface area (Å²) in [5, 5.41) is 2.68. The van der Waals surface area contributed by atoms with Gasteiger partial charge in [0.25, 0.3) is 0 Å². The van der Waals surface area contributed by atoms with Crippen molar-refractivity contribution >= 4 is 23.4 Å². The summed E-state index contributed by atoms with van der Waals surface area (Å²) in [7, 11) is 0. The molecule has 1 aliphatic heterocycles. The van der Waals surface area contributed by atoms with E-state index in [0.29, 0.717) is 25.3 Å². The first-order chi connectivity index (χ1) is 12.5. The van der Waals surface area contributed by atoms with Crippen LogP contribution in [0.4, 0.5) is 5.69 Å². The predicted molar refractivity (Wildman–Crippen MR) is 96.0 cm³/mol. The smallest absolute Gasteiger partial charge is 0.312 e. The van der Waals surface area contributed by atoms with Crippen molar-refractivity contribution < 1.29 is 14.4 Å². The fourth-order valence-corrected chi connectivity index (χ4v) is 2.74. The SMILES string of the molecule is Cc1ccc(CN2CCN(CC(=O)Nc3ccncc3)C(=O)C2=O)cc1. The first-order valence-electron chi connectivity index (χ1n) is 8.36. The highest BCUT2D eigenvalue weighted by atomic mass is 16.2. The Morgan fingerprint density at radius 2 is 1.62 bits per heavy atom. The summed E-state index contributed by atoms with van der Waals surface area (Å²) in [6.07, 6.45) is 3.13. The number of rotatable bonds is 5. The lowest BCUT2D eigenvalue weighted by atomic mass is 10.1. The van der Waals surface area contributed by atoms with Crippen molar-refractivity contribution in [3.8, 4) is 0 Å². The number of nitrogens with zero attached hydrogens (tertiary/aromatic N) is 3. The zero-order chi connectivity index (χ0) is 18.5. The molecule has 1 aliphatic rings. The molecule has 26 heavy (non-hydrogen) atoms. The zero-order valence-corrected chi connectivity index (χ0v) is 14.5. The number of amides is 3. The van der Waals surface area contributed by atoms with Gasteiger partial charge in [-0.1, -0.05) is 29.8 Å². The molecule has 0 radical (unpaired) electrons. The van der Waals surface area contributed by atoms with Crippen LogP contribution in [0.2, 0.25) is 0 Å². The molecule has 3 rings (SSSR count). The minimum Gasteiger partial charge on any atom is -0.328 e. The topological polar surface area (TPSA) is 82.6 Å². The molecular weight excluding hydrogens is 332 g/mol. The van der Waals surface area contributed by atoms with E-state index >= 15 is 0 Å². The molecule has 1 fully saturated rings. The Morgan fingerprint density at radius 1 is 1.00 bits per heavy atom. The molecule has 2 aromatic rings. The van der Waals surface area contributed by atoms with Crippen LogP contribution in [0.3, 0.4) is 0 Å². The molecule has 0 saturated carbocycles. The van der Waals surface area contributed by atoms with E-state index in [9.17, 15) is 14.4 Å². The summed E-state index contributed by atoms with van der Waals surface area (Å²) in [5.74, 6) is -1.56. The van der Waals surface area contributed by atoms with E-state index in [1.165, 1.54) is 9.80 Å². The Labute approximate surface area is 151 Å². The van der Waals surface area contributed by atoms with Crippen LogP contribution in [-0.4, -0.2) is 52.1 Å². The first-order valence-corrected chi connectivity index (χ1v) is 8.36. The van der Waals surface area contributed by atoms with E-state index in [4.69, 9.17) is 0 Å². The van der Waals surface area contributed by atoms with Crippen LogP contribution in [0.25, 0.3) is 0 Å². The van der Waals surface area contributed by atoms with Crippen LogP contribution in [0, 0.1) is 6.92 Å². The number of nitrogens with one attached hydrogen (secondary N) is 1. The van der Waals surface area contributed by atoms with Gasteiger partial charge in [0.1, 0.15) is 6.54 Å². The molecule has 3 amide bonds. The average Bonchev–Trinajstić information content (AvgIpc) is 2.64. The second-order valence-electron chi connectivity index (χ2n) is 6.22. The highest BCUT2D eigenvalue weighted by Gasteiger charge is 2.33. The van der Waals surface area contributed by atoms with Gasteiger partial charge in [0.15, 0.2) is 0 Å². The largest absolute Gasteiger partial charge is 0.328 e. The highest BCUT2D eigenvalue weighted by Crippen LogP contribution is 2.12. The summed E-state index contributed by atoms with van der Waals surface area (Å²) >= 11 is 0. The van der Waals surface area contributed by atoms with E-state index in [1.807, 2.05) is 31.2 Å². The Morgan fingerprint density at radius 3 is 2.31 bits per heavy atom. The number of carbonyl (C=O) groups is 3. The summed E-state index contributed by atoms with van der Waals surface area (Å²) in [6.45, 7) is 2.97. The molecule has 7 nitrogen and oxygen atoms in total. The van der Waals surface area contributed by atoms with Gasteiger partial charge in [0.2, 0.25) is 5.91 Å². The van der Waals surface area contributed by atoms with E-state index < -0.39 is 11.8 Å². The number of carbonyl (C=O) groups excluding carboxylic acids is 3. The number of benzene rings is 1. The maximum atomic E-state index is 12.3. The number of aromatic nitrogens is 1. The number of aryl methyl sites for hydroxylation is 1. The lowest BCUT2D eigenvalue weighted by Crippen LogP contribution is -2.55. The fraction of sp³-hybridized carbons (Fsp3) is 0.263. The molecule has 0 aliphatic carbocycles. The van der Waals surface area contributed by atoms with Crippen LogP contribution in [0.1, 0.15) is 11.1 Å². The molecule has 0 unspecified atom stereocenters. The molecular formula is C19H20N4O3. The Hall–Kier alpha value is -3.22. The van der Waals surface area contributed by atoms with Gasteiger partial charge in [0, 0.05) is 37.7 Å². The van der Waals surface area contributed by atoms with Gasteiger partial charge < -0.3 is 15.1 Å². The van der Waals surface area contributed by atoms with Gasteiger partial charge in [-0.15, -0.1) is 0 Å². The van der Waals surface area contributed by atoms with E-state index in [2.05, 4.69) is 10.3 Å². The van der Waals surface area contributed by atoms with Crippen molar-refractivity contribution in [1.29, 1.82) is 0 Å². The molecule has 2 heterocycles. The monoisotopic (exact) mass is 352 g/mol. The van der Waals surface area contributed by atoms with Gasteiger partial charge in [-0.25, -0.2) is 0 Å². The van der Waals surface area contributed by atoms with Crippen molar-refractivity contribution in [3.05, 3.63) is 59.9 Å². The van der Waals surface area contributed by atoms with E-state index in [0.717, 1.165) is 11.1 Å². The third-order valence-electron chi connectivity index (χ3n) is 4.19. The number of anilines is 1. The van der Waals surface area contributed by atoms with Crippen LogP contribution in [0.15, 0.2) is 48.8 Å². The van der Waals surface area contributed by atoms with Gasteiger partial charge in [-0.05, 0) is 24.6 Å².